The van der Waals surface area contributed by atoms with Gasteiger partial charge in [-0.05, 0) is 61.4 Å². The SMILES string of the molecule is CCOC(=O)CCc1ccc(OCCCOc2ccc(Cl)cc2-n2nc3ccccc3n2)c(Cl)c1. The van der Waals surface area contributed by atoms with Crippen LogP contribution in [0.4, 0.5) is 0 Å². The fraction of sp³-hybridized carbons (Fsp3) is 0.269. The van der Waals surface area contributed by atoms with Gasteiger partial charge in [-0.15, -0.1) is 15.0 Å². The third kappa shape index (κ3) is 6.65. The summed E-state index contributed by atoms with van der Waals surface area (Å²) in [6, 6.07) is 18.5. The summed E-state index contributed by atoms with van der Waals surface area (Å²) in [5.74, 6) is 0.995. The molecule has 7 nitrogen and oxygen atoms in total. The van der Waals surface area contributed by atoms with Crippen molar-refractivity contribution in [2.75, 3.05) is 19.8 Å². The molecule has 0 fully saturated rings. The predicted molar refractivity (Wildman–Crippen MR) is 136 cm³/mol. The number of nitrogens with zero attached hydrogens (tertiary/aromatic N) is 3. The lowest BCUT2D eigenvalue weighted by molar-refractivity contribution is -0.143. The molecule has 1 aromatic heterocycles. The number of esters is 1. The first-order valence-electron chi connectivity index (χ1n) is 11.3. The van der Waals surface area contributed by atoms with Crippen LogP contribution in [0.1, 0.15) is 25.3 Å². The normalized spacial score (nSPS) is 10.9. The van der Waals surface area contributed by atoms with Crippen molar-refractivity contribution in [2.24, 2.45) is 0 Å². The maximum atomic E-state index is 11.5. The van der Waals surface area contributed by atoms with Crippen LogP contribution in [0.2, 0.25) is 10.0 Å². The second-order valence-corrected chi connectivity index (χ2v) is 8.55. The quantitative estimate of drug-likeness (QED) is 0.179. The van der Waals surface area contributed by atoms with Crippen molar-refractivity contribution in [1.82, 2.24) is 15.0 Å². The molecule has 0 radical (unpaired) electrons. The summed E-state index contributed by atoms with van der Waals surface area (Å²) < 4.78 is 16.8. The lowest BCUT2D eigenvalue weighted by Crippen LogP contribution is -2.08. The first-order valence-corrected chi connectivity index (χ1v) is 12.1. The molecule has 0 bridgehead atoms. The van der Waals surface area contributed by atoms with Crippen LogP contribution in [0.25, 0.3) is 16.7 Å². The van der Waals surface area contributed by atoms with Crippen LogP contribution in [0.5, 0.6) is 11.5 Å². The predicted octanol–water partition coefficient (Wildman–Crippen LogP) is 6.07. The van der Waals surface area contributed by atoms with Crippen molar-refractivity contribution < 1.29 is 19.0 Å². The van der Waals surface area contributed by atoms with E-state index >= 15 is 0 Å². The smallest absolute Gasteiger partial charge is 0.306 e. The molecule has 0 saturated heterocycles. The number of carbonyl (C=O) groups excluding carboxylic acids is 1. The Morgan fingerprint density at radius 2 is 1.60 bits per heavy atom. The van der Waals surface area contributed by atoms with E-state index in [1.807, 2.05) is 42.5 Å². The first-order chi connectivity index (χ1) is 17.0. The van der Waals surface area contributed by atoms with Gasteiger partial charge in [0, 0.05) is 17.9 Å². The molecule has 9 heteroatoms. The van der Waals surface area contributed by atoms with E-state index < -0.39 is 0 Å². The molecule has 0 amide bonds. The van der Waals surface area contributed by atoms with E-state index in [1.54, 1.807) is 25.1 Å². The van der Waals surface area contributed by atoms with Gasteiger partial charge in [-0.1, -0.05) is 41.4 Å². The monoisotopic (exact) mass is 513 g/mol. The molecule has 0 spiro atoms. The minimum Gasteiger partial charge on any atom is -0.492 e. The van der Waals surface area contributed by atoms with Crippen LogP contribution in [0.15, 0.2) is 60.7 Å². The lowest BCUT2D eigenvalue weighted by Gasteiger charge is -2.12. The van der Waals surface area contributed by atoms with E-state index in [0.29, 0.717) is 66.3 Å². The van der Waals surface area contributed by atoms with Gasteiger partial charge in [0.05, 0.1) is 24.8 Å². The van der Waals surface area contributed by atoms with Crippen LogP contribution in [-0.2, 0) is 16.0 Å². The maximum Gasteiger partial charge on any atom is 0.306 e. The van der Waals surface area contributed by atoms with E-state index in [-0.39, 0.29) is 5.97 Å². The Hall–Kier alpha value is -3.29. The topological polar surface area (TPSA) is 75.5 Å². The average molecular weight is 514 g/mol. The van der Waals surface area contributed by atoms with E-state index in [1.165, 1.54) is 4.80 Å². The molecule has 1 heterocycles. The molecular formula is C26H25Cl2N3O4. The number of benzene rings is 3. The van der Waals surface area contributed by atoms with Gasteiger partial charge >= 0.3 is 5.97 Å². The third-order valence-corrected chi connectivity index (χ3v) is 5.68. The molecular weight excluding hydrogens is 489 g/mol. The molecule has 4 rings (SSSR count). The Labute approximate surface area is 213 Å². The van der Waals surface area contributed by atoms with Crippen LogP contribution in [0.3, 0.4) is 0 Å². The van der Waals surface area contributed by atoms with Gasteiger partial charge in [0.25, 0.3) is 0 Å². The van der Waals surface area contributed by atoms with Crippen LogP contribution in [0, 0.1) is 0 Å². The number of rotatable bonds is 11. The summed E-state index contributed by atoms with van der Waals surface area (Å²) in [5.41, 5.74) is 3.19. The molecule has 0 unspecified atom stereocenters. The number of aryl methyl sites for hydroxylation is 1. The Morgan fingerprint density at radius 3 is 2.29 bits per heavy atom. The number of aromatic nitrogens is 3. The highest BCUT2D eigenvalue weighted by molar-refractivity contribution is 6.32. The Balaban J connectivity index is 1.30. The number of halogens is 2. The fourth-order valence-electron chi connectivity index (χ4n) is 3.46. The van der Waals surface area contributed by atoms with Gasteiger partial charge in [-0.3, -0.25) is 4.79 Å². The zero-order valence-corrected chi connectivity index (χ0v) is 20.8. The van der Waals surface area contributed by atoms with E-state index in [4.69, 9.17) is 37.4 Å². The molecule has 182 valence electrons. The van der Waals surface area contributed by atoms with Crippen molar-refractivity contribution in [3.8, 4) is 17.2 Å². The second-order valence-electron chi connectivity index (χ2n) is 7.71. The maximum absolute atomic E-state index is 11.5. The molecule has 0 aliphatic carbocycles. The van der Waals surface area contributed by atoms with Gasteiger partial charge < -0.3 is 14.2 Å². The molecule has 0 N–H and O–H groups in total. The fourth-order valence-corrected chi connectivity index (χ4v) is 3.88. The van der Waals surface area contributed by atoms with Gasteiger partial charge in [0.2, 0.25) is 0 Å². The highest BCUT2D eigenvalue weighted by atomic mass is 35.5. The number of carbonyl (C=O) groups is 1. The molecule has 0 saturated carbocycles. The van der Waals surface area contributed by atoms with Gasteiger partial charge in [-0.2, -0.15) is 0 Å². The largest absolute Gasteiger partial charge is 0.492 e. The van der Waals surface area contributed by atoms with Crippen LogP contribution in [-0.4, -0.2) is 40.8 Å². The Morgan fingerprint density at radius 1 is 0.914 bits per heavy atom. The summed E-state index contributed by atoms with van der Waals surface area (Å²) >= 11 is 12.6. The Bertz CT molecular complexity index is 1280. The van der Waals surface area contributed by atoms with E-state index in [2.05, 4.69) is 10.2 Å². The van der Waals surface area contributed by atoms with Crippen molar-refractivity contribution in [3.63, 3.8) is 0 Å². The molecule has 35 heavy (non-hydrogen) atoms. The minimum absolute atomic E-state index is 0.218. The van der Waals surface area contributed by atoms with Crippen LogP contribution < -0.4 is 9.47 Å². The first kappa shape index (κ1) is 24.8. The van der Waals surface area contributed by atoms with E-state index in [9.17, 15) is 4.79 Å². The Kier molecular flexibility index (Phi) is 8.45. The van der Waals surface area contributed by atoms with Crippen molar-refractivity contribution >= 4 is 40.2 Å². The summed E-state index contributed by atoms with van der Waals surface area (Å²) in [7, 11) is 0. The third-order valence-electron chi connectivity index (χ3n) is 5.15. The van der Waals surface area contributed by atoms with Crippen molar-refractivity contribution in [3.05, 3.63) is 76.3 Å². The molecule has 3 aromatic carbocycles. The summed E-state index contributed by atoms with van der Waals surface area (Å²) in [6.07, 6.45) is 1.52. The minimum atomic E-state index is -0.218. The zero-order chi connectivity index (χ0) is 24.6. The number of fused-ring (bicyclic) bond motifs is 1. The zero-order valence-electron chi connectivity index (χ0n) is 19.2. The van der Waals surface area contributed by atoms with Gasteiger partial charge in [-0.25, -0.2) is 0 Å². The highest BCUT2D eigenvalue weighted by Gasteiger charge is 2.12. The number of hydrogen-bond acceptors (Lipinski definition) is 6. The molecule has 0 aliphatic rings. The number of ether oxygens (including phenoxy) is 3. The summed E-state index contributed by atoms with van der Waals surface area (Å²) in [5, 5.41) is 10.1. The lowest BCUT2D eigenvalue weighted by atomic mass is 10.1. The standard InChI is InChI=1S/C26H25Cl2N3O4/c1-2-33-26(32)13-9-18-8-11-24(20(28)16-18)34-14-5-15-35-25-12-10-19(27)17-23(25)31-29-21-6-3-4-7-22(21)30-31/h3-4,6-8,10-12,16-17H,2,5,9,13-15H2,1H3. The number of hydrogen-bond donors (Lipinski definition) is 0. The summed E-state index contributed by atoms with van der Waals surface area (Å²) in [4.78, 5) is 13.1. The molecule has 0 aliphatic heterocycles. The van der Waals surface area contributed by atoms with Gasteiger partial charge in [0.15, 0.2) is 0 Å². The second kappa shape index (κ2) is 11.9. The van der Waals surface area contributed by atoms with Crippen molar-refractivity contribution in [1.29, 1.82) is 0 Å². The van der Waals surface area contributed by atoms with Crippen molar-refractivity contribution in [2.45, 2.75) is 26.2 Å². The van der Waals surface area contributed by atoms with Gasteiger partial charge in [0.1, 0.15) is 28.2 Å². The average Bonchev–Trinajstić information content (AvgIpc) is 3.29. The van der Waals surface area contributed by atoms with Crippen LogP contribution >= 0.6 is 23.2 Å². The molecule has 4 aromatic rings. The summed E-state index contributed by atoms with van der Waals surface area (Å²) in [6.45, 7) is 3.02. The molecule has 0 atom stereocenters. The van der Waals surface area contributed by atoms with E-state index in [0.717, 1.165) is 16.6 Å². The highest BCUT2D eigenvalue weighted by Crippen LogP contribution is 2.28.